The van der Waals surface area contributed by atoms with E-state index in [1.54, 1.807) is 13.0 Å². The summed E-state index contributed by atoms with van der Waals surface area (Å²) in [5.74, 6) is -0.616. The Morgan fingerprint density at radius 1 is 1.62 bits per heavy atom. The van der Waals surface area contributed by atoms with Crippen LogP contribution < -0.4 is 11.4 Å². The fourth-order valence-corrected chi connectivity index (χ4v) is 1.17. The van der Waals surface area contributed by atoms with E-state index in [1.165, 1.54) is 6.20 Å². The quantitative estimate of drug-likeness (QED) is 0.693. The van der Waals surface area contributed by atoms with Crippen LogP contribution in [0.1, 0.15) is 25.3 Å². The average molecular weight is 223 g/mol. The molecule has 1 heterocycles. The van der Waals surface area contributed by atoms with Crippen molar-refractivity contribution in [2.75, 3.05) is 5.73 Å². The van der Waals surface area contributed by atoms with E-state index < -0.39 is 11.7 Å². The number of nitrogens with zero attached hydrogens (tertiary/aromatic N) is 1. The van der Waals surface area contributed by atoms with Crippen LogP contribution in [-0.2, 0) is 4.79 Å². The minimum atomic E-state index is -0.847. The van der Waals surface area contributed by atoms with Gasteiger partial charge < -0.3 is 10.8 Å². The first kappa shape index (κ1) is 12.0. The van der Waals surface area contributed by atoms with Crippen LogP contribution >= 0.6 is 0 Å². The number of carboxylic acid groups (broad SMARTS) is 1. The molecular weight excluding hydrogens is 210 g/mol. The highest BCUT2D eigenvalue weighted by Gasteiger charge is 2.01. The maximum absolute atomic E-state index is 10.8. The number of nitrogens with one attached hydrogen (secondary N) is 1. The van der Waals surface area contributed by atoms with E-state index in [1.807, 2.05) is 0 Å². The van der Waals surface area contributed by atoms with Crippen LogP contribution in [0, 0.1) is 0 Å². The molecule has 1 rings (SSSR count). The molecule has 0 atom stereocenters. The molecule has 4 N–H and O–H groups in total. The van der Waals surface area contributed by atoms with Gasteiger partial charge in [0.1, 0.15) is 5.82 Å². The topological polar surface area (TPSA) is 109 Å². The van der Waals surface area contributed by atoms with Gasteiger partial charge in [0.05, 0.1) is 0 Å². The average Bonchev–Trinajstić information content (AvgIpc) is 2.19. The molecule has 0 fully saturated rings. The van der Waals surface area contributed by atoms with Crippen molar-refractivity contribution in [3.63, 3.8) is 0 Å². The molecule has 0 aliphatic carbocycles. The highest BCUT2D eigenvalue weighted by atomic mass is 16.4. The first-order valence-electron chi connectivity index (χ1n) is 4.73. The number of aromatic amines is 1. The van der Waals surface area contributed by atoms with Crippen molar-refractivity contribution in [2.45, 2.75) is 19.8 Å². The Labute approximate surface area is 91.8 Å². The Hall–Kier alpha value is -2.11. The summed E-state index contributed by atoms with van der Waals surface area (Å²) in [6.45, 7) is 1.80. The molecule has 0 aliphatic heterocycles. The van der Waals surface area contributed by atoms with Crippen LogP contribution in [0.15, 0.2) is 16.6 Å². The van der Waals surface area contributed by atoms with Crippen molar-refractivity contribution in [3.8, 4) is 0 Å². The number of rotatable bonds is 4. The molecule has 0 aliphatic rings. The molecule has 0 unspecified atom stereocenters. The largest absolute Gasteiger partial charge is 0.481 e. The van der Waals surface area contributed by atoms with Crippen LogP contribution in [0.3, 0.4) is 0 Å². The van der Waals surface area contributed by atoms with E-state index in [0.29, 0.717) is 12.0 Å². The third-order valence-electron chi connectivity index (χ3n) is 2.01. The first-order chi connectivity index (χ1) is 7.49. The van der Waals surface area contributed by atoms with E-state index in [-0.39, 0.29) is 12.2 Å². The number of hydrogen-bond donors (Lipinski definition) is 3. The van der Waals surface area contributed by atoms with Crippen LogP contribution in [0.5, 0.6) is 0 Å². The lowest BCUT2D eigenvalue weighted by molar-refractivity contribution is -0.136. The van der Waals surface area contributed by atoms with Crippen molar-refractivity contribution >= 4 is 17.9 Å². The van der Waals surface area contributed by atoms with Crippen LogP contribution in [0.25, 0.3) is 6.08 Å². The Morgan fingerprint density at radius 3 is 2.88 bits per heavy atom. The molecule has 0 amide bonds. The molecule has 0 saturated carbocycles. The minimum absolute atomic E-state index is 0.0685. The normalized spacial score (nSPS) is 11.4. The summed E-state index contributed by atoms with van der Waals surface area (Å²) < 4.78 is 0. The van der Waals surface area contributed by atoms with Crippen molar-refractivity contribution in [3.05, 3.63) is 27.8 Å². The molecule has 0 aromatic carbocycles. The first-order valence-corrected chi connectivity index (χ1v) is 4.73. The number of nitrogen functional groups attached to an aromatic ring is 1. The smallest absolute Gasteiger partial charge is 0.346 e. The van der Waals surface area contributed by atoms with Gasteiger partial charge in [-0.25, -0.2) is 9.78 Å². The third-order valence-corrected chi connectivity index (χ3v) is 2.01. The SMILES string of the molecule is CC(=Cc1cnc(=O)[nH]c1N)CCC(=O)O. The van der Waals surface area contributed by atoms with E-state index in [9.17, 15) is 9.59 Å². The van der Waals surface area contributed by atoms with Gasteiger partial charge in [0.2, 0.25) is 0 Å². The molecule has 1 aromatic heterocycles. The second-order valence-electron chi connectivity index (χ2n) is 3.44. The summed E-state index contributed by atoms with van der Waals surface area (Å²) in [6.07, 6.45) is 3.58. The molecule has 6 nitrogen and oxygen atoms in total. The lowest BCUT2D eigenvalue weighted by Gasteiger charge is -2.01. The Kier molecular flexibility index (Phi) is 3.82. The summed E-state index contributed by atoms with van der Waals surface area (Å²) in [6, 6.07) is 0. The van der Waals surface area contributed by atoms with Crippen molar-refractivity contribution in [1.82, 2.24) is 9.97 Å². The number of allylic oxidation sites excluding steroid dienone is 1. The predicted octanol–water partition coefficient (Wildman–Crippen LogP) is 0.620. The van der Waals surface area contributed by atoms with Crippen LogP contribution in [0.4, 0.5) is 5.82 Å². The number of aliphatic carboxylic acids is 1. The Bertz CT molecular complexity index is 476. The standard InChI is InChI=1S/C10H13N3O3/c1-6(2-3-8(14)15)4-7-5-12-10(16)13-9(7)11/h4-5H,2-3H2,1H3,(H,14,15)(H3,11,12,13,16). The van der Waals surface area contributed by atoms with Crippen molar-refractivity contribution in [1.29, 1.82) is 0 Å². The van der Waals surface area contributed by atoms with Gasteiger partial charge >= 0.3 is 11.7 Å². The summed E-state index contributed by atoms with van der Waals surface area (Å²) in [4.78, 5) is 27.0. The molecular formula is C10H13N3O3. The number of H-pyrrole nitrogens is 1. The van der Waals surface area contributed by atoms with E-state index in [0.717, 1.165) is 5.57 Å². The maximum atomic E-state index is 10.8. The van der Waals surface area contributed by atoms with Crippen molar-refractivity contribution < 1.29 is 9.90 Å². The molecule has 1 aromatic rings. The molecule has 0 radical (unpaired) electrons. The minimum Gasteiger partial charge on any atom is -0.481 e. The van der Waals surface area contributed by atoms with Gasteiger partial charge in [-0.05, 0) is 13.3 Å². The van der Waals surface area contributed by atoms with Gasteiger partial charge in [-0.2, -0.15) is 0 Å². The second-order valence-corrected chi connectivity index (χ2v) is 3.44. The second kappa shape index (κ2) is 5.11. The van der Waals surface area contributed by atoms with Gasteiger partial charge in [-0.15, -0.1) is 0 Å². The Morgan fingerprint density at radius 2 is 2.31 bits per heavy atom. The van der Waals surface area contributed by atoms with Gasteiger partial charge in [0.15, 0.2) is 0 Å². The highest BCUT2D eigenvalue weighted by Crippen LogP contribution is 2.13. The predicted molar refractivity (Wildman–Crippen MR) is 59.8 cm³/mol. The molecule has 0 bridgehead atoms. The summed E-state index contributed by atoms with van der Waals surface area (Å²) in [5, 5.41) is 8.51. The molecule has 6 heteroatoms. The van der Waals surface area contributed by atoms with Gasteiger partial charge in [-0.3, -0.25) is 9.78 Å². The van der Waals surface area contributed by atoms with E-state index >= 15 is 0 Å². The summed E-state index contributed by atoms with van der Waals surface area (Å²) >= 11 is 0. The number of hydrogen-bond acceptors (Lipinski definition) is 4. The van der Waals surface area contributed by atoms with Crippen LogP contribution in [-0.4, -0.2) is 21.0 Å². The fourth-order valence-electron chi connectivity index (χ4n) is 1.17. The monoisotopic (exact) mass is 223 g/mol. The zero-order valence-electron chi connectivity index (χ0n) is 8.86. The summed E-state index contributed by atoms with van der Waals surface area (Å²) in [7, 11) is 0. The molecule has 0 saturated heterocycles. The van der Waals surface area contributed by atoms with Gasteiger partial charge in [-0.1, -0.05) is 11.6 Å². The number of nitrogens with two attached hydrogens (primary N) is 1. The summed E-state index contributed by atoms with van der Waals surface area (Å²) in [5.41, 5.74) is 6.52. The van der Waals surface area contributed by atoms with E-state index in [2.05, 4.69) is 9.97 Å². The van der Waals surface area contributed by atoms with Crippen LogP contribution in [0.2, 0.25) is 0 Å². The lowest BCUT2D eigenvalue weighted by Crippen LogP contribution is -2.12. The molecule has 0 spiro atoms. The number of anilines is 1. The Balaban J connectivity index is 2.81. The highest BCUT2D eigenvalue weighted by molar-refractivity contribution is 5.68. The van der Waals surface area contributed by atoms with E-state index in [4.69, 9.17) is 10.8 Å². The van der Waals surface area contributed by atoms with Crippen molar-refractivity contribution in [2.24, 2.45) is 0 Å². The number of carbonyl (C=O) groups is 1. The third kappa shape index (κ3) is 3.56. The zero-order valence-corrected chi connectivity index (χ0v) is 8.86. The zero-order chi connectivity index (χ0) is 12.1. The number of carboxylic acids is 1. The van der Waals surface area contributed by atoms with Gasteiger partial charge in [0, 0.05) is 18.2 Å². The van der Waals surface area contributed by atoms with Gasteiger partial charge in [0.25, 0.3) is 0 Å². The fraction of sp³-hybridized carbons (Fsp3) is 0.300. The molecule has 86 valence electrons. The maximum Gasteiger partial charge on any atom is 0.346 e. The molecule has 16 heavy (non-hydrogen) atoms. The number of aromatic nitrogens is 2. The lowest BCUT2D eigenvalue weighted by atomic mass is 10.1.